The molecule has 0 atom stereocenters. The molecule has 0 aliphatic carbocycles. The van der Waals surface area contributed by atoms with E-state index in [1.807, 2.05) is 13.8 Å². The van der Waals surface area contributed by atoms with Crippen molar-refractivity contribution in [3.05, 3.63) is 0 Å². The Balaban J connectivity index is -0.00000760. The van der Waals surface area contributed by atoms with Crippen LogP contribution in [0, 0.1) is 0 Å². The van der Waals surface area contributed by atoms with Gasteiger partial charge in [-0.3, -0.25) is 9.59 Å². The summed E-state index contributed by atoms with van der Waals surface area (Å²) in [5, 5.41) is 2.95. The molecule has 1 amide bonds. The summed E-state index contributed by atoms with van der Waals surface area (Å²) in [6.45, 7) is 12.9. The van der Waals surface area contributed by atoms with E-state index in [1.165, 1.54) is 51.6 Å². The van der Waals surface area contributed by atoms with Crippen molar-refractivity contribution < 1.29 is 71.5 Å². The number of hydrogen-bond acceptors (Lipinski definition) is 6. The van der Waals surface area contributed by atoms with Gasteiger partial charge in [-0.15, -0.1) is 0 Å². The third-order valence-electron chi connectivity index (χ3n) is 7.16. The largest absolute Gasteiger partial charge is 1.00 e. The number of quaternary nitrogens is 2. The number of amides is 1. The van der Waals surface area contributed by atoms with Gasteiger partial charge in [-0.25, -0.2) is 0 Å². The summed E-state index contributed by atoms with van der Waals surface area (Å²) in [7, 11) is 9.18. The van der Waals surface area contributed by atoms with E-state index in [2.05, 4.69) is 33.5 Å². The van der Waals surface area contributed by atoms with Crippen LogP contribution in [0.3, 0.4) is 0 Å². The Kier molecular flexibility index (Phi) is 34.0. The molecule has 0 heterocycles. The van der Waals surface area contributed by atoms with Crippen molar-refractivity contribution in [2.24, 2.45) is 0 Å². The van der Waals surface area contributed by atoms with Crippen LogP contribution in [0.2, 0.25) is 0 Å². The maximum atomic E-state index is 11.9. The number of hydrogen-bond donors (Lipinski definition) is 1. The molecule has 0 saturated carbocycles. The lowest BCUT2D eigenvalue weighted by atomic mass is 10.1. The Labute approximate surface area is 279 Å². The lowest BCUT2D eigenvalue weighted by Gasteiger charge is -2.30. The average Bonchev–Trinajstić information content (AvgIpc) is 2.90. The van der Waals surface area contributed by atoms with Crippen molar-refractivity contribution in [2.75, 3.05) is 114 Å². The van der Waals surface area contributed by atoms with Crippen molar-refractivity contribution in [3.63, 3.8) is 0 Å². The van der Waals surface area contributed by atoms with Crippen molar-refractivity contribution in [1.29, 1.82) is 0 Å². The molecule has 0 fully saturated rings. The molecule has 0 rings (SSSR count). The summed E-state index contributed by atoms with van der Waals surface area (Å²) in [5.41, 5.74) is 0. The summed E-state index contributed by atoms with van der Waals surface area (Å²) in [6, 6.07) is 0. The van der Waals surface area contributed by atoms with Crippen LogP contribution in [-0.4, -0.2) is 134 Å². The highest BCUT2D eigenvalue weighted by Gasteiger charge is 2.16. The van der Waals surface area contributed by atoms with E-state index in [9.17, 15) is 9.59 Å². The van der Waals surface area contributed by atoms with Crippen molar-refractivity contribution in [2.45, 2.75) is 78.1 Å². The highest BCUT2D eigenvalue weighted by Crippen LogP contribution is 2.12. The summed E-state index contributed by atoms with van der Waals surface area (Å²) >= 11 is 0. The van der Waals surface area contributed by atoms with Crippen LogP contribution < -0.4 is 39.3 Å². The van der Waals surface area contributed by atoms with Gasteiger partial charge in [-0.05, 0) is 52.4 Å². The van der Waals surface area contributed by atoms with E-state index < -0.39 is 0 Å². The highest BCUT2D eigenvalue weighted by atomic mass is 79.9. The number of unbranched alkanes of at least 4 members (excludes halogenated alkanes) is 6. The molecule has 0 aromatic rings. The third kappa shape index (κ3) is 32.8. The summed E-state index contributed by atoms with van der Waals surface area (Å²) < 4.78 is 23.1. The third-order valence-corrected chi connectivity index (χ3v) is 7.16. The second-order valence-corrected chi connectivity index (χ2v) is 12.1. The Morgan fingerprint density at radius 3 is 1.45 bits per heavy atom. The number of halogens is 2. The van der Waals surface area contributed by atoms with E-state index in [0.717, 1.165) is 41.3 Å². The lowest BCUT2D eigenvalue weighted by molar-refractivity contribution is -0.890. The molecule has 9 nitrogen and oxygen atoms in total. The number of rotatable bonds is 30. The zero-order chi connectivity index (χ0) is 30.0. The van der Waals surface area contributed by atoms with Gasteiger partial charge in [-0.2, -0.15) is 0 Å². The van der Waals surface area contributed by atoms with E-state index >= 15 is 0 Å². The molecule has 1 N–H and O–H groups in total. The number of carbonyl (C=O) groups is 2. The molecule has 0 aromatic heterocycles. The Morgan fingerprint density at radius 1 is 0.548 bits per heavy atom. The minimum Gasteiger partial charge on any atom is -1.00 e. The molecule has 11 heteroatoms. The number of Topliss-reactive ketones (excluding diaryl/α,β-unsaturated/α-hetero) is 1. The predicted molar refractivity (Wildman–Crippen MR) is 162 cm³/mol. The Hall–Kier alpha value is -0.140. The fraction of sp³-hybridized carbons (Fsp3) is 0.935. The minimum absolute atomic E-state index is 0. The topological polar surface area (TPSA) is 83.1 Å². The van der Waals surface area contributed by atoms with E-state index in [4.69, 9.17) is 18.9 Å². The smallest absolute Gasteiger partial charge is 0.246 e. The first-order valence-corrected chi connectivity index (χ1v) is 15.8. The van der Waals surface area contributed by atoms with E-state index in [1.54, 1.807) is 0 Å². The van der Waals surface area contributed by atoms with E-state index in [-0.39, 0.29) is 58.9 Å². The number of carbonyl (C=O) groups excluding carboxylic acids is 2. The monoisotopic (exact) mass is 733 g/mol. The SMILES string of the molecule is CCOCCOCC(=O)CCCC[N+](C)(C)CCCCCCCC[N+](C)(C)CCCNC(=O)COCCOCC.[Br-].[Br-]. The molecule has 0 radical (unpaired) electrons. The maximum Gasteiger partial charge on any atom is 0.246 e. The Morgan fingerprint density at radius 2 is 0.952 bits per heavy atom. The lowest BCUT2D eigenvalue weighted by Crippen LogP contribution is -3.00. The van der Waals surface area contributed by atoms with Gasteiger partial charge in [0.25, 0.3) is 0 Å². The highest BCUT2D eigenvalue weighted by molar-refractivity contribution is 5.79. The quantitative estimate of drug-likeness (QED) is 0.0670. The molecule has 0 unspecified atom stereocenters. The van der Waals surface area contributed by atoms with Crippen LogP contribution in [0.15, 0.2) is 0 Å². The van der Waals surface area contributed by atoms with Gasteiger partial charge in [-0.1, -0.05) is 12.8 Å². The number of ketones is 1. The minimum atomic E-state index is -0.0497. The van der Waals surface area contributed by atoms with Crippen LogP contribution in [0.25, 0.3) is 0 Å². The summed E-state index contributed by atoms with van der Waals surface area (Å²) in [4.78, 5) is 23.7. The van der Waals surface area contributed by atoms with Gasteiger partial charge < -0.3 is 67.2 Å². The van der Waals surface area contributed by atoms with Crippen LogP contribution in [0.1, 0.15) is 78.1 Å². The average molecular weight is 736 g/mol. The first-order valence-electron chi connectivity index (χ1n) is 15.8. The number of nitrogens with one attached hydrogen (secondary N) is 1. The molecule has 0 saturated heterocycles. The van der Waals surface area contributed by atoms with Crippen LogP contribution in [0.5, 0.6) is 0 Å². The van der Waals surface area contributed by atoms with Gasteiger partial charge in [0.1, 0.15) is 13.2 Å². The van der Waals surface area contributed by atoms with Crippen LogP contribution in [0.4, 0.5) is 0 Å². The molecule has 42 heavy (non-hydrogen) atoms. The maximum absolute atomic E-state index is 11.9. The van der Waals surface area contributed by atoms with Gasteiger partial charge in [0.15, 0.2) is 5.78 Å². The predicted octanol–water partition coefficient (Wildman–Crippen LogP) is -2.16. The second-order valence-electron chi connectivity index (χ2n) is 12.1. The molecule has 0 aliphatic heterocycles. The molecule has 0 spiro atoms. The molecule has 0 bridgehead atoms. The number of nitrogens with zero attached hydrogens (tertiary/aromatic N) is 2. The van der Waals surface area contributed by atoms with Gasteiger partial charge in [0, 0.05) is 32.6 Å². The fourth-order valence-electron chi connectivity index (χ4n) is 4.61. The second kappa shape index (κ2) is 30.9. The van der Waals surface area contributed by atoms with Gasteiger partial charge >= 0.3 is 0 Å². The van der Waals surface area contributed by atoms with E-state index in [0.29, 0.717) is 52.6 Å². The van der Waals surface area contributed by atoms with Crippen LogP contribution >= 0.6 is 0 Å². The zero-order valence-electron chi connectivity index (χ0n) is 27.9. The first-order chi connectivity index (χ1) is 19.1. The normalized spacial score (nSPS) is 11.6. The summed E-state index contributed by atoms with van der Waals surface area (Å²) in [6.07, 6.45) is 11.4. The van der Waals surface area contributed by atoms with Crippen LogP contribution in [-0.2, 0) is 28.5 Å². The fourth-order valence-corrected chi connectivity index (χ4v) is 4.61. The zero-order valence-corrected chi connectivity index (χ0v) is 31.0. The first kappa shape index (κ1) is 46.3. The molecule has 0 aromatic carbocycles. The van der Waals surface area contributed by atoms with Crippen molar-refractivity contribution in [1.82, 2.24) is 5.32 Å². The number of ether oxygens (including phenoxy) is 4. The van der Waals surface area contributed by atoms with Gasteiger partial charge in [0.05, 0.1) is 80.8 Å². The summed E-state index contributed by atoms with van der Waals surface area (Å²) in [5.74, 6) is 0.148. The molecular weight excluding hydrogens is 670 g/mol. The van der Waals surface area contributed by atoms with Crippen molar-refractivity contribution >= 4 is 11.7 Å². The molecular formula is C31H65Br2N3O6. The van der Waals surface area contributed by atoms with Crippen molar-refractivity contribution in [3.8, 4) is 0 Å². The molecule has 0 aliphatic rings. The standard InChI is InChI=1S/C31H64N3O6.2BrH/c1-7-37-24-26-39-28-30(35)18-13-16-22-33(3,4)20-14-11-9-10-12-15-21-34(5,6)23-17-19-32-31(36)29-40-27-25-38-8-2;;/h7-29H2,1-6H3;2*1H/q+1;;/p-1. The molecule has 254 valence electrons. The van der Waals surface area contributed by atoms with Gasteiger partial charge in [0.2, 0.25) is 5.91 Å². The Bertz CT molecular complexity index is 575.